The van der Waals surface area contributed by atoms with E-state index in [0.717, 1.165) is 31.4 Å². The lowest BCUT2D eigenvalue weighted by atomic mass is 9.64. The average molecular weight is 385 g/mol. The van der Waals surface area contributed by atoms with E-state index in [1.54, 1.807) is 7.11 Å². The molecule has 0 aromatic heterocycles. The van der Waals surface area contributed by atoms with Crippen LogP contribution in [0.5, 0.6) is 5.75 Å². The topological polar surface area (TPSA) is 52.6 Å². The van der Waals surface area contributed by atoms with Crippen LogP contribution in [0.25, 0.3) is 0 Å². The van der Waals surface area contributed by atoms with Crippen molar-refractivity contribution in [1.29, 1.82) is 0 Å². The summed E-state index contributed by atoms with van der Waals surface area (Å²) in [5.41, 5.74) is 1.63. The summed E-state index contributed by atoms with van der Waals surface area (Å²) in [4.78, 5) is 24.4. The second-order valence-corrected chi connectivity index (χ2v) is 8.91. The monoisotopic (exact) mass is 384 g/mol. The fraction of sp³-hybridized carbons (Fsp3) is 0.583. The summed E-state index contributed by atoms with van der Waals surface area (Å²) in [5.74, 6) is 1.34. The van der Waals surface area contributed by atoms with Crippen LogP contribution in [0.1, 0.15) is 64.9 Å². The van der Waals surface area contributed by atoms with Crippen LogP contribution in [0.15, 0.2) is 35.9 Å². The molecule has 3 rings (SSSR count). The first-order valence-electron chi connectivity index (χ1n) is 10.4. The van der Waals surface area contributed by atoms with Crippen molar-refractivity contribution in [2.75, 3.05) is 7.11 Å². The van der Waals surface area contributed by atoms with E-state index in [1.165, 1.54) is 11.6 Å². The molecule has 0 heterocycles. The molecule has 2 aliphatic carbocycles. The molecule has 1 aromatic carbocycles. The highest BCUT2D eigenvalue weighted by atomic mass is 16.5. The Morgan fingerprint density at radius 2 is 1.82 bits per heavy atom. The second-order valence-electron chi connectivity index (χ2n) is 8.91. The third kappa shape index (κ3) is 4.48. The van der Waals surface area contributed by atoms with E-state index in [2.05, 4.69) is 32.9 Å². The van der Waals surface area contributed by atoms with E-state index in [9.17, 15) is 9.59 Å². The van der Waals surface area contributed by atoms with Crippen LogP contribution >= 0.6 is 0 Å². The maximum Gasteiger partial charge on any atom is 0.334 e. The fourth-order valence-corrected chi connectivity index (χ4v) is 4.69. The van der Waals surface area contributed by atoms with Gasteiger partial charge in [0.2, 0.25) is 0 Å². The van der Waals surface area contributed by atoms with E-state index in [1.807, 2.05) is 12.1 Å². The van der Waals surface area contributed by atoms with Crippen LogP contribution in [-0.4, -0.2) is 25.0 Å². The SMILES string of the molecule is COc1ccc(C(C)(C)[C@@H]2CC[C@@H](C)C[C@H]2OC(=O)C2=CC(=O)CCC2)cc1. The Balaban J connectivity index is 1.80. The van der Waals surface area contributed by atoms with Gasteiger partial charge in [0.1, 0.15) is 11.9 Å². The van der Waals surface area contributed by atoms with Gasteiger partial charge in [0.25, 0.3) is 0 Å². The van der Waals surface area contributed by atoms with Crippen molar-refractivity contribution in [1.82, 2.24) is 0 Å². The van der Waals surface area contributed by atoms with E-state index < -0.39 is 0 Å². The molecule has 0 bridgehead atoms. The molecular formula is C24H32O4. The number of hydrogen-bond acceptors (Lipinski definition) is 4. The summed E-state index contributed by atoms with van der Waals surface area (Å²) < 4.78 is 11.3. The number of hydrogen-bond donors (Lipinski definition) is 0. The van der Waals surface area contributed by atoms with Gasteiger partial charge in [-0.2, -0.15) is 0 Å². The third-order valence-corrected chi connectivity index (χ3v) is 6.54. The summed E-state index contributed by atoms with van der Waals surface area (Å²) in [6.07, 6.45) is 6.30. The molecule has 0 saturated heterocycles. The van der Waals surface area contributed by atoms with E-state index in [4.69, 9.17) is 9.47 Å². The van der Waals surface area contributed by atoms with Gasteiger partial charge in [0.05, 0.1) is 7.11 Å². The van der Waals surface area contributed by atoms with Crippen molar-refractivity contribution in [3.8, 4) is 5.75 Å². The van der Waals surface area contributed by atoms with Crippen LogP contribution in [0.4, 0.5) is 0 Å². The lowest BCUT2D eigenvalue weighted by Gasteiger charge is -2.44. The zero-order valence-corrected chi connectivity index (χ0v) is 17.5. The highest BCUT2D eigenvalue weighted by molar-refractivity contribution is 6.00. The Kier molecular flexibility index (Phi) is 6.26. The Bertz CT molecular complexity index is 744. The quantitative estimate of drug-likeness (QED) is 0.670. The molecule has 0 unspecified atom stereocenters. The first-order valence-corrected chi connectivity index (χ1v) is 10.4. The standard InChI is InChI=1S/C24H32O4/c1-16-8-13-21(24(2,3)18-9-11-20(27-4)12-10-18)22(14-16)28-23(26)17-6-5-7-19(25)15-17/h9-12,15-16,21-22H,5-8,13-14H2,1-4H3/t16-,21-,22-/m1/s1. The normalized spacial score (nSPS) is 25.8. The van der Waals surface area contributed by atoms with Crippen molar-refractivity contribution in [3.05, 3.63) is 41.5 Å². The molecule has 0 aliphatic heterocycles. The van der Waals surface area contributed by atoms with Gasteiger partial charge in [-0.3, -0.25) is 4.79 Å². The van der Waals surface area contributed by atoms with Gasteiger partial charge in [-0.1, -0.05) is 39.3 Å². The van der Waals surface area contributed by atoms with Gasteiger partial charge in [-0.25, -0.2) is 4.79 Å². The minimum atomic E-state index is -0.303. The molecular weight excluding hydrogens is 352 g/mol. The summed E-state index contributed by atoms with van der Waals surface area (Å²) in [6, 6.07) is 8.19. The van der Waals surface area contributed by atoms with Crippen molar-refractivity contribution < 1.29 is 19.1 Å². The second kappa shape index (κ2) is 8.50. The van der Waals surface area contributed by atoms with Crippen LogP contribution in [0, 0.1) is 11.8 Å². The first kappa shape index (κ1) is 20.6. The molecule has 1 fully saturated rings. The molecule has 1 saturated carbocycles. The van der Waals surface area contributed by atoms with Gasteiger partial charge in [-0.15, -0.1) is 0 Å². The molecule has 0 radical (unpaired) electrons. The number of ketones is 1. The van der Waals surface area contributed by atoms with Crippen molar-refractivity contribution >= 4 is 11.8 Å². The maximum absolute atomic E-state index is 12.8. The summed E-state index contributed by atoms with van der Waals surface area (Å²) in [7, 11) is 1.67. The Morgan fingerprint density at radius 3 is 2.46 bits per heavy atom. The molecule has 4 nitrogen and oxygen atoms in total. The predicted octanol–water partition coefficient (Wildman–Crippen LogP) is 5.00. The van der Waals surface area contributed by atoms with Crippen molar-refractivity contribution in [2.24, 2.45) is 11.8 Å². The van der Waals surface area contributed by atoms with Crippen LogP contribution in [0.2, 0.25) is 0 Å². The molecule has 4 heteroatoms. The number of carbonyl (C=O) groups excluding carboxylic acids is 2. The number of methoxy groups -OCH3 is 1. The smallest absolute Gasteiger partial charge is 0.334 e. The summed E-state index contributed by atoms with van der Waals surface area (Å²) >= 11 is 0. The zero-order chi connectivity index (χ0) is 20.3. The summed E-state index contributed by atoms with van der Waals surface area (Å²) in [6.45, 7) is 6.69. The minimum Gasteiger partial charge on any atom is -0.497 e. The van der Waals surface area contributed by atoms with Crippen molar-refractivity contribution in [2.45, 2.75) is 70.8 Å². The lowest BCUT2D eigenvalue weighted by Crippen LogP contribution is -2.43. The molecule has 152 valence electrons. The van der Waals surface area contributed by atoms with Gasteiger partial charge >= 0.3 is 5.97 Å². The third-order valence-electron chi connectivity index (χ3n) is 6.54. The van der Waals surface area contributed by atoms with E-state index in [0.29, 0.717) is 24.3 Å². The molecule has 0 spiro atoms. The van der Waals surface area contributed by atoms with E-state index >= 15 is 0 Å². The molecule has 28 heavy (non-hydrogen) atoms. The Morgan fingerprint density at radius 1 is 1.11 bits per heavy atom. The number of esters is 1. The van der Waals surface area contributed by atoms with Crippen LogP contribution in [-0.2, 0) is 19.7 Å². The van der Waals surface area contributed by atoms with Crippen LogP contribution < -0.4 is 4.74 Å². The maximum atomic E-state index is 12.8. The van der Waals surface area contributed by atoms with Crippen LogP contribution in [0.3, 0.4) is 0 Å². The predicted molar refractivity (Wildman–Crippen MR) is 109 cm³/mol. The Hall–Kier alpha value is -2.10. The molecule has 0 amide bonds. The zero-order valence-electron chi connectivity index (χ0n) is 17.5. The molecule has 3 atom stereocenters. The summed E-state index contributed by atoms with van der Waals surface area (Å²) in [5, 5.41) is 0. The molecule has 0 N–H and O–H groups in total. The highest BCUT2D eigenvalue weighted by Crippen LogP contribution is 2.44. The number of ether oxygens (including phenoxy) is 2. The van der Waals surface area contributed by atoms with Gasteiger partial charge < -0.3 is 9.47 Å². The minimum absolute atomic E-state index is 0.0327. The largest absolute Gasteiger partial charge is 0.497 e. The molecule has 1 aromatic rings. The average Bonchev–Trinajstić information content (AvgIpc) is 2.68. The van der Waals surface area contributed by atoms with Gasteiger partial charge in [0.15, 0.2) is 5.78 Å². The van der Waals surface area contributed by atoms with Gasteiger partial charge in [-0.05, 0) is 60.8 Å². The number of rotatable bonds is 5. The van der Waals surface area contributed by atoms with E-state index in [-0.39, 0.29) is 29.2 Å². The molecule has 2 aliphatic rings. The fourth-order valence-electron chi connectivity index (χ4n) is 4.69. The number of allylic oxidation sites excluding steroid dienone is 1. The van der Waals surface area contributed by atoms with Gasteiger partial charge in [0, 0.05) is 17.9 Å². The highest BCUT2D eigenvalue weighted by Gasteiger charge is 2.42. The Labute approximate surface area is 168 Å². The first-order chi connectivity index (χ1) is 13.3. The number of benzene rings is 1. The lowest BCUT2D eigenvalue weighted by molar-refractivity contribution is -0.152. The van der Waals surface area contributed by atoms with Crippen molar-refractivity contribution in [3.63, 3.8) is 0 Å². The number of carbonyl (C=O) groups is 2.